The molecule has 2 aliphatic rings. The number of anilines is 4. The van der Waals surface area contributed by atoms with Crippen molar-refractivity contribution in [2.45, 2.75) is 13.0 Å². The Morgan fingerprint density at radius 3 is 2.44 bits per heavy atom. The molecule has 4 aromatic rings. The van der Waals surface area contributed by atoms with Crippen LogP contribution in [0.5, 0.6) is 0 Å². The number of carbonyl (C=O) groups excluding carboxylic acids is 1. The number of pyridine rings is 2. The highest BCUT2D eigenvalue weighted by Crippen LogP contribution is 2.28. The second-order valence-corrected chi connectivity index (χ2v) is 9.87. The number of fused-ring (bicyclic) bond motifs is 1. The molecule has 0 unspecified atom stereocenters. The number of carbonyl (C=O) groups is 2. The molecule has 1 saturated heterocycles. The summed E-state index contributed by atoms with van der Waals surface area (Å²) in [6.07, 6.45) is 6.38. The summed E-state index contributed by atoms with van der Waals surface area (Å²) in [6.45, 7) is 3.10. The van der Waals surface area contributed by atoms with E-state index in [4.69, 9.17) is 4.98 Å². The Labute approximate surface area is 236 Å². The zero-order valence-corrected chi connectivity index (χ0v) is 22.3. The van der Waals surface area contributed by atoms with Gasteiger partial charge >= 0.3 is 12.1 Å². The molecule has 3 aromatic heterocycles. The molecule has 5 heterocycles. The highest BCUT2D eigenvalue weighted by molar-refractivity contribution is 5.91. The molecular weight excluding hydrogens is 522 g/mol. The van der Waals surface area contributed by atoms with Gasteiger partial charge in [0.2, 0.25) is 0 Å². The topological polar surface area (TPSA) is 140 Å². The molecule has 6 rings (SSSR count). The molecule has 0 aliphatic carbocycles. The quantitative estimate of drug-likeness (QED) is 0.335. The van der Waals surface area contributed by atoms with Crippen molar-refractivity contribution >= 4 is 35.3 Å². The summed E-state index contributed by atoms with van der Waals surface area (Å²) in [4.78, 5) is 47.6. The molecule has 208 valence electrons. The summed E-state index contributed by atoms with van der Waals surface area (Å²) in [5.74, 6) is 1.75. The molecular formula is C29H29N9O3. The van der Waals surface area contributed by atoms with Crippen LogP contribution in [0.4, 0.5) is 32.7 Å². The largest absolute Gasteiger partial charge is 0.465 e. The first-order valence-corrected chi connectivity index (χ1v) is 13.4. The lowest BCUT2D eigenvalue weighted by molar-refractivity contribution is 0.142. The summed E-state index contributed by atoms with van der Waals surface area (Å²) in [5.41, 5.74) is 4.45. The molecule has 0 radical (unpaired) electrons. The Bertz CT molecular complexity index is 1560. The van der Waals surface area contributed by atoms with Crippen molar-refractivity contribution in [3.05, 3.63) is 84.4 Å². The van der Waals surface area contributed by atoms with Gasteiger partial charge in [-0.25, -0.2) is 24.5 Å². The number of hydrogen-bond donors (Lipinski definition) is 3. The molecule has 0 bridgehead atoms. The number of rotatable bonds is 5. The van der Waals surface area contributed by atoms with E-state index in [1.165, 1.54) is 10.5 Å². The van der Waals surface area contributed by atoms with E-state index in [9.17, 15) is 14.7 Å². The summed E-state index contributed by atoms with van der Waals surface area (Å²) in [6, 6.07) is 15.4. The van der Waals surface area contributed by atoms with Crippen LogP contribution in [-0.2, 0) is 13.0 Å². The molecule has 3 N–H and O–H groups in total. The second kappa shape index (κ2) is 11.5. The van der Waals surface area contributed by atoms with Crippen molar-refractivity contribution in [1.29, 1.82) is 0 Å². The van der Waals surface area contributed by atoms with Crippen LogP contribution in [0.15, 0.2) is 73.3 Å². The van der Waals surface area contributed by atoms with E-state index in [0.717, 1.165) is 23.4 Å². The van der Waals surface area contributed by atoms with Gasteiger partial charge in [0, 0.05) is 75.2 Å². The number of nitrogens with zero attached hydrogens (tertiary/aromatic N) is 7. The van der Waals surface area contributed by atoms with Crippen LogP contribution in [0.3, 0.4) is 0 Å². The van der Waals surface area contributed by atoms with Gasteiger partial charge in [0.25, 0.3) is 0 Å². The third-order valence-corrected chi connectivity index (χ3v) is 7.23. The number of urea groups is 1. The fraction of sp³-hybridized carbons (Fsp3) is 0.241. The van der Waals surface area contributed by atoms with E-state index in [2.05, 4.69) is 42.6 Å². The van der Waals surface area contributed by atoms with Gasteiger partial charge in [0.15, 0.2) is 0 Å². The van der Waals surface area contributed by atoms with Gasteiger partial charge in [0.1, 0.15) is 17.5 Å². The van der Waals surface area contributed by atoms with Gasteiger partial charge in [-0.3, -0.25) is 4.98 Å². The monoisotopic (exact) mass is 551 g/mol. The lowest BCUT2D eigenvalue weighted by Crippen LogP contribution is -2.48. The lowest BCUT2D eigenvalue weighted by Gasteiger charge is -2.33. The smallest absolute Gasteiger partial charge is 0.407 e. The second-order valence-electron chi connectivity index (χ2n) is 9.87. The van der Waals surface area contributed by atoms with Crippen LogP contribution in [0, 0.1) is 0 Å². The van der Waals surface area contributed by atoms with E-state index in [1.807, 2.05) is 30.3 Å². The summed E-state index contributed by atoms with van der Waals surface area (Å²) < 4.78 is 0. The fourth-order valence-corrected chi connectivity index (χ4v) is 5.06. The third kappa shape index (κ3) is 6.01. The number of benzene rings is 1. The fourth-order valence-electron chi connectivity index (χ4n) is 5.06. The van der Waals surface area contributed by atoms with Crippen molar-refractivity contribution in [3.63, 3.8) is 0 Å². The van der Waals surface area contributed by atoms with E-state index in [-0.39, 0.29) is 6.03 Å². The molecule has 0 saturated carbocycles. The van der Waals surface area contributed by atoms with Crippen LogP contribution in [0.25, 0.3) is 11.3 Å². The predicted octanol–water partition coefficient (Wildman–Crippen LogP) is 4.07. The highest BCUT2D eigenvalue weighted by Gasteiger charge is 2.23. The van der Waals surface area contributed by atoms with E-state index < -0.39 is 6.09 Å². The number of hydrogen-bond acceptors (Lipinski definition) is 8. The Hall–Kier alpha value is -5.26. The average molecular weight is 552 g/mol. The summed E-state index contributed by atoms with van der Waals surface area (Å²) >= 11 is 0. The normalized spacial score (nSPS) is 14.8. The molecule has 0 spiro atoms. The molecule has 1 aromatic carbocycles. The van der Waals surface area contributed by atoms with Crippen LogP contribution in [-0.4, -0.2) is 79.7 Å². The lowest BCUT2D eigenvalue weighted by atomic mass is 10.0. The maximum Gasteiger partial charge on any atom is 0.407 e. The predicted molar refractivity (Wildman–Crippen MR) is 154 cm³/mol. The van der Waals surface area contributed by atoms with Gasteiger partial charge < -0.3 is 30.4 Å². The Kier molecular flexibility index (Phi) is 7.27. The van der Waals surface area contributed by atoms with Crippen molar-refractivity contribution in [1.82, 2.24) is 29.7 Å². The van der Waals surface area contributed by atoms with E-state index >= 15 is 0 Å². The van der Waals surface area contributed by atoms with Crippen LogP contribution in [0.2, 0.25) is 0 Å². The maximum atomic E-state index is 13.3. The number of piperazine rings is 1. The maximum absolute atomic E-state index is 13.3. The number of nitrogens with one attached hydrogen (secondary N) is 2. The van der Waals surface area contributed by atoms with Gasteiger partial charge in [0.05, 0.1) is 11.9 Å². The van der Waals surface area contributed by atoms with Gasteiger partial charge in [-0.2, -0.15) is 0 Å². The summed E-state index contributed by atoms with van der Waals surface area (Å²) in [7, 11) is 0. The van der Waals surface area contributed by atoms with Crippen molar-refractivity contribution in [3.8, 4) is 11.3 Å². The minimum Gasteiger partial charge on any atom is -0.465 e. The van der Waals surface area contributed by atoms with Gasteiger partial charge in [-0.05, 0) is 35.7 Å². The van der Waals surface area contributed by atoms with Crippen LogP contribution >= 0.6 is 0 Å². The molecule has 12 nitrogen and oxygen atoms in total. The minimum atomic E-state index is -0.911. The zero-order valence-electron chi connectivity index (χ0n) is 22.3. The first-order valence-electron chi connectivity index (χ1n) is 13.4. The average Bonchev–Trinajstić information content (AvgIpc) is 3.01. The first-order chi connectivity index (χ1) is 20.0. The number of aromatic nitrogens is 4. The van der Waals surface area contributed by atoms with Crippen molar-refractivity contribution < 1.29 is 14.7 Å². The number of carboxylic acid groups (broad SMARTS) is 1. The summed E-state index contributed by atoms with van der Waals surface area (Å²) in [5, 5.41) is 15.5. The molecule has 12 heteroatoms. The highest BCUT2D eigenvalue weighted by atomic mass is 16.4. The molecule has 0 atom stereocenters. The zero-order chi connectivity index (χ0) is 28.2. The Morgan fingerprint density at radius 1 is 0.829 bits per heavy atom. The Morgan fingerprint density at radius 2 is 1.66 bits per heavy atom. The third-order valence-electron chi connectivity index (χ3n) is 7.23. The van der Waals surface area contributed by atoms with Crippen molar-refractivity contribution in [2.75, 3.05) is 48.3 Å². The molecule has 2 aliphatic heterocycles. The van der Waals surface area contributed by atoms with Gasteiger partial charge in [-0.15, -0.1) is 0 Å². The molecule has 41 heavy (non-hydrogen) atoms. The van der Waals surface area contributed by atoms with Gasteiger partial charge in [-0.1, -0.05) is 24.3 Å². The van der Waals surface area contributed by atoms with Crippen molar-refractivity contribution in [2.24, 2.45) is 0 Å². The molecule has 1 fully saturated rings. The van der Waals surface area contributed by atoms with Crippen LogP contribution in [0.1, 0.15) is 11.1 Å². The minimum absolute atomic E-state index is 0.186. The SMILES string of the molecule is O=C(O)N1CCN(c2cc(-c3cc(NC(=O)N4CCc5ccccc5C4)cc(Nc4cnccn4)n3)ccn2)CC1. The Balaban J connectivity index is 1.26. The van der Waals surface area contributed by atoms with E-state index in [0.29, 0.717) is 62.3 Å². The first kappa shape index (κ1) is 26.0. The standard InChI is InChI=1S/C29H29N9O3/c39-28(38-10-6-20-3-1-2-4-22(20)19-38)33-23-16-24(34-25(17-23)35-26-18-30-8-9-31-26)21-5-7-32-27(15-21)36-11-13-37(14-12-36)29(40)41/h1-5,7-9,15-18H,6,10-14,19H2,(H,40,41)(H2,31,33,34,35,39). The number of amides is 3. The van der Waals surface area contributed by atoms with Crippen LogP contribution < -0.4 is 15.5 Å². The molecule has 3 amide bonds. The van der Waals surface area contributed by atoms with E-state index in [1.54, 1.807) is 35.8 Å².